The van der Waals surface area contributed by atoms with Gasteiger partial charge in [0.05, 0.1) is 12.1 Å². The van der Waals surface area contributed by atoms with Gasteiger partial charge in [0.25, 0.3) is 11.6 Å². The molecule has 26 heavy (non-hydrogen) atoms. The largest absolute Gasteiger partial charge is 0.438 e. The Morgan fingerprint density at radius 2 is 1.54 bits per heavy atom. The van der Waals surface area contributed by atoms with Crippen molar-refractivity contribution in [2.24, 2.45) is 5.10 Å². The van der Waals surface area contributed by atoms with E-state index in [2.05, 4.69) is 5.10 Å². The molecule has 0 unspecified atom stereocenters. The summed E-state index contributed by atoms with van der Waals surface area (Å²) in [5, 5.41) is 14.3. The lowest BCUT2D eigenvalue weighted by atomic mass is 9.99. The molecule has 1 N–H and O–H groups in total. The molecule has 1 amide bonds. The zero-order chi connectivity index (χ0) is 19.1. The molecule has 1 aliphatic rings. The van der Waals surface area contributed by atoms with Crippen LogP contribution in [0.3, 0.4) is 0 Å². The lowest BCUT2D eigenvalue weighted by molar-refractivity contribution is -0.297. The van der Waals surface area contributed by atoms with Gasteiger partial charge in [0.15, 0.2) is 0 Å². The van der Waals surface area contributed by atoms with Crippen LogP contribution in [-0.4, -0.2) is 33.6 Å². The highest BCUT2D eigenvalue weighted by molar-refractivity contribution is 6.05. The lowest BCUT2D eigenvalue weighted by Gasteiger charge is -2.32. The van der Waals surface area contributed by atoms with Crippen LogP contribution in [0.15, 0.2) is 53.6 Å². The summed E-state index contributed by atoms with van der Waals surface area (Å²) in [6.07, 6.45) is -5.87. The third-order valence-corrected chi connectivity index (χ3v) is 4.31. The summed E-state index contributed by atoms with van der Waals surface area (Å²) in [4.78, 5) is 12.6. The Hall–Kier alpha value is -2.67. The first kappa shape index (κ1) is 18.1. The first-order valence-corrected chi connectivity index (χ1v) is 7.97. The summed E-state index contributed by atoms with van der Waals surface area (Å²) in [5.74, 6) is -1.01. The molecule has 1 heterocycles. The van der Waals surface area contributed by atoms with Gasteiger partial charge >= 0.3 is 6.18 Å². The summed E-state index contributed by atoms with van der Waals surface area (Å²) in [7, 11) is 0. The van der Waals surface area contributed by atoms with Crippen molar-refractivity contribution < 1.29 is 23.1 Å². The van der Waals surface area contributed by atoms with E-state index in [-0.39, 0.29) is 16.3 Å². The molecular formula is C19H17F3N2O2. The zero-order valence-electron chi connectivity index (χ0n) is 14.2. The summed E-state index contributed by atoms with van der Waals surface area (Å²) in [6.45, 7) is 3.64. The number of alkyl halides is 3. The van der Waals surface area contributed by atoms with Gasteiger partial charge in [-0.3, -0.25) is 4.79 Å². The van der Waals surface area contributed by atoms with E-state index < -0.39 is 24.2 Å². The highest BCUT2D eigenvalue weighted by atomic mass is 19.4. The van der Waals surface area contributed by atoms with Gasteiger partial charge in [-0.25, -0.2) is 0 Å². The minimum atomic E-state index is -5.05. The molecule has 3 rings (SSSR count). The van der Waals surface area contributed by atoms with Crippen molar-refractivity contribution in [3.8, 4) is 0 Å². The van der Waals surface area contributed by atoms with Crippen molar-refractivity contribution in [3.05, 3.63) is 70.8 Å². The third-order valence-electron chi connectivity index (χ3n) is 4.31. The Balaban J connectivity index is 2.03. The van der Waals surface area contributed by atoms with Crippen LogP contribution in [0.4, 0.5) is 13.2 Å². The summed E-state index contributed by atoms with van der Waals surface area (Å²) < 4.78 is 40.7. The average Bonchev–Trinajstić information content (AvgIpc) is 2.94. The Morgan fingerprint density at radius 1 is 1.04 bits per heavy atom. The van der Waals surface area contributed by atoms with Gasteiger partial charge in [-0.2, -0.15) is 23.3 Å². The first-order valence-electron chi connectivity index (χ1n) is 7.97. The third kappa shape index (κ3) is 3.10. The molecule has 0 radical (unpaired) electrons. The number of carbonyl (C=O) groups is 1. The Morgan fingerprint density at radius 3 is 2.04 bits per heavy atom. The second-order valence-electron chi connectivity index (χ2n) is 6.39. The van der Waals surface area contributed by atoms with Gasteiger partial charge in [-0.15, -0.1) is 0 Å². The Kier molecular flexibility index (Phi) is 4.36. The number of carbonyl (C=O) groups excluding carboxylic acids is 1. The molecule has 0 aliphatic carbocycles. The smallest absolute Gasteiger partial charge is 0.362 e. The molecule has 0 spiro atoms. The van der Waals surface area contributed by atoms with E-state index in [0.717, 1.165) is 11.1 Å². The van der Waals surface area contributed by atoms with Gasteiger partial charge in [0, 0.05) is 5.56 Å². The maximum atomic E-state index is 13.6. The molecule has 136 valence electrons. The second-order valence-corrected chi connectivity index (χ2v) is 6.39. The lowest BCUT2D eigenvalue weighted by Crippen LogP contribution is -2.56. The highest BCUT2D eigenvalue weighted by Gasteiger charge is 2.63. The fraction of sp³-hybridized carbons (Fsp3) is 0.263. The number of halogens is 3. The SMILES string of the molecule is Cc1ccc(C(=O)N2N=C(c3ccc(C)cc3)C[C@@]2(O)C(F)(F)F)cc1. The number of amides is 1. The van der Waals surface area contributed by atoms with E-state index in [1.54, 1.807) is 43.3 Å². The number of nitrogens with zero attached hydrogens (tertiary/aromatic N) is 2. The molecule has 0 aromatic heterocycles. The molecule has 7 heteroatoms. The number of rotatable bonds is 2. The maximum absolute atomic E-state index is 13.6. The molecule has 0 saturated heterocycles. The fourth-order valence-corrected chi connectivity index (χ4v) is 2.71. The minimum Gasteiger partial charge on any atom is -0.362 e. The predicted octanol–water partition coefficient (Wildman–Crippen LogP) is 3.80. The van der Waals surface area contributed by atoms with Crippen molar-refractivity contribution >= 4 is 11.6 Å². The van der Waals surface area contributed by atoms with Gasteiger partial charge in [0.2, 0.25) is 0 Å². The Labute approximate surface area is 148 Å². The fourth-order valence-electron chi connectivity index (χ4n) is 2.71. The molecule has 2 aromatic carbocycles. The monoisotopic (exact) mass is 362 g/mol. The summed E-state index contributed by atoms with van der Waals surface area (Å²) >= 11 is 0. The topological polar surface area (TPSA) is 52.9 Å². The number of hydrazone groups is 1. The van der Waals surface area contributed by atoms with Crippen molar-refractivity contribution in [1.82, 2.24) is 5.01 Å². The van der Waals surface area contributed by atoms with E-state index in [9.17, 15) is 23.1 Å². The zero-order valence-corrected chi connectivity index (χ0v) is 14.2. The average molecular weight is 362 g/mol. The number of hydrogen-bond acceptors (Lipinski definition) is 3. The van der Waals surface area contributed by atoms with E-state index in [0.29, 0.717) is 5.56 Å². The van der Waals surface area contributed by atoms with E-state index in [4.69, 9.17) is 0 Å². The summed E-state index contributed by atoms with van der Waals surface area (Å²) in [5.41, 5.74) is -1.13. The van der Waals surface area contributed by atoms with Crippen LogP contribution >= 0.6 is 0 Å². The van der Waals surface area contributed by atoms with Crippen LogP contribution in [0.5, 0.6) is 0 Å². The van der Waals surface area contributed by atoms with E-state index in [1.807, 2.05) is 6.92 Å². The van der Waals surface area contributed by atoms with Crippen molar-refractivity contribution in [1.29, 1.82) is 0 Å². The standard InChI is InChI=1S/C19H17F3N2O2/c1-12-3-7-14(8-4-12)16-11-18(26,19(20,21)22)24(23-16)17(25)15-9-5-13(2)6-10-15/h3-10,26H,11H2,1-2H3/t18-/m1/s1. The van der Waals surface area contributed by atoms with Crippen molar-refractivity contribution in [2.45, 2.75) is 32.2 Å². The van der Waals surface area contributed by atoms with Gasteiger partial charge in [-0.1, -0.05) is 47.5 Å². The number of aliphatic hydroxyl groups is 1. The maximum Gasteiger partial charge on any atom is 0.438 e. The molecule has 1 atom stereocenters. The molecule has 2 aromatic rings. The van der Waals surface area contributed by atoms with Gasteiger partial charge in [0.1, 0.15) is 0 Å². The minimum absolute atomic E-state index is 0.00490. The van der Waals surface area contributed by atoms with Crippen LogP contribution in [-0.2, 0) is 0 Å². The highest BCUT2D eigenvalue weighted by Crippen LogP contribution is 2.42. The van der Waals surface area contributed by atoms with Crippen molar-refractivity contribution in [2.75, 3.05) is 0 Å². The van der Waals surface area contributed by atoms with Crippen LogP contribution in [0.25, 0.3) is 0 Å². The second kappa shape index (κ2) is 6.25. The van der Waals surface area contributed by atoms with Gasteiger partial charge < -0.3 is 5.11 Å². The number of benzene rings is 2. The molecule has 0 fully saturated rings. The van der Waals surface area contributed by atoms with E-state index in [1.165, 1.54) is 12.1 Å². The van der Waals surface area contributed by atoms with Crippen molar-refractivity contribution in [3.63, 3.8) is 0 Å². The number of aryl methyl sites for hydroxylation is 2. The molecule has 0 saturated carbocycles. The Bertz CT molecular complexity index is 858. The first-order chi connectivity index (χ1) is 12.1. The molecule has 0 bridgehead atoms. The molecule has 4 nitrogen and oxygen atoms in total. The van der Waals surface area contributed by atoms with Gasteiger partial charge in [-0.05, 0) is 31.5 Å². The van der Waals surface area contributed by atoms with E-state index >= 15 is 0 Å². The molecular weight excluding hydrogens is 345 g/mol. The molecule has 1 aliphatic heterocycles. The predicted molar refractivity (Wildman–Crippen MR) is 90.7 cm³/mol. The normalized spacial score (nSPS) is 20.2. The summed E-state index contributed by atoms with van der Waals surface area (Å²) in [6, 6.07) is 12.7. The van der Waals surface area contributed by atoms with Crippen LogP contribution in [0.1, 0.15) is 33.5 Å². The number of hydrogen-bond donors (Lipinski definition) is 1. The van der Waals surface area contributed by atoms with Crippen LogP contribution in [0.2, 0.25) is 0 Å². The quantitative estimate of drug-likeness (QED) is 0.883. The van der Waals surface area contributed by atoms with Crippen LogP contribution in [0, 0.1) is 13.8 Å². The van der Waals surface area contributed by atoms with Crippen LogP contribution < -0.4 is 0 Å².